The van der Waals surface area contributed by atoms with Crippen molar-refractivity contribution in [2.45, 2.75) is 4.21 Å². The Morgan fingerprint density at radius 3 is 3.12 bits per heavy atom. The van der Waals surface area contributed by atoms with Crippen LogP contribution in [-0.4, -0.2) is 5.08 Å². The van der Waals surface area contributed by atoms with Crippen molar-refractivity contribution in [2.75, 3.05) is 5.08 Å². The van der Waals surface area contributed by atoms with Gasteiger partial charge in [-0.1, -0.05) is 6.07 Å². The first-order valence-corrected chi connectivity index (χ1v) is 4.70. The molecule has 1 aromatic rings. The highest BCUT2D eigenvalue weighted by Gasteiger charge is 1.87. The number of hydrogen-bond acceptors (Lipinski definition) is 3. The van der Waals surface area contributed by atoms with Crippen LogP contribution in [-0.2, 0) is 0 Å². The fourth-order valence-corrected chi connectivity index (χ4v) is 2.45. The van der Waals surface area contributed by atoms with Gasteiger partial charge in [0.1, 0.15) is 0 Å². The fourth-order valence-electron chi connectivity index (χ4n) is 0.409. The number of rotatable bonds is 2. The van der Waals surface area contributed by atoms with E-state index < -0.39 is 0 Å². The maximum absolute atomic E-state index is 4.08. The van der Waals surface area contributed by atoms with Gasteiger partial charge >= 0.3 is 0 Å². The Kier molecular flexibility index (Phi) is 2.80. The second-order valence-corrected chi connectivity index (χ2v) is 4.17. The zero-order valence-electron chi connectivity index (χ0n) is 4.20. The molecule has 0 N–H and O–H groups in total. The first kappa shape index (κ1) is 6.52. The van der Waals surface area contributed by atoms with Crippen LogP contribution in [0.5, 0.6) is 0 Å². The second kappa shape index (κ2) is 3.43. The van der Waals surface area contributed by atoms with Gasteiger partial charge in [0.05, 0.1) is 4.21 Å². The number of thiol groups is 1. The number of hydrogen-bond donors (Lipinski definition) is 1. The van der Waals surface area contributed by atoms with Crippen molar-refractivity contribution in [1.82, 2.24) is 0 Å². The monoisotopic (exact) mass is 162 g/mol. The molecule has 0 unspecified atom stereocenters. The van der Waals surface area contributed by atoms with Crippen LogP contribution >= 0.6 is 35.7 Å². The molecule has 1 heterocycles. The van der Waals surface area contributed by atoms with Crippen LogP contribution in [0.25, 0.3) is 0 Å². The molecular weight excluding hydrogens is 156 g/mol. The molecule has 0 saturated carbocycles. The normalized spacial score (nSPS) is 9.62. The highest BCUT2D eigenvalue weighted by Crippen LogP contribution is 2.23. The van der Waals surface area contributed by atoms with Crippen LogP contribution in [0.3, 0.4) is 0 Å². The van der Waals surface area contributed by atoms with E-state index in [4.69, 9.17) is 0 Å². The molecule has 0 spiro atoms. The molecule has 0 aliphatic rings. The average molecular weight is 162 g/mol. The zero-order valence-corrected chi connectivity index (χ0v) is 6.73. The molecule has 0 aliphatic carbocycles. The van der Waals surface area contributed by atoms with Crippen molar-refractivity contribution in [1.29, 1.82) is 0 Å². The molecule has 0 fully saturated rings. The predicted molar refractivity (Wildman–Crippen MR) is 44.0 cm³/mol. The van der Waals surface area contributed by atoms with Gasteiger partial charge in [-0.05, 0) is 11.4 Å². The minimum Gasteiger partial charge on any atom is -0.168 e. The molecule has 1 aromatic heterocycles. The summed E-state index contributed by atoms with van der Waals surface area (Å²) in [6.45, 7) is 0. The van der Waals surface area contributed by atoms with Gasteiger partial charge in [0.2, 0.25) is 0 Å². The number of thiophene rings is 1. The summed E-state index contributed by atoms with van der Waals surface area (Å²) in [5, 5.41) is 2.95. The SMILES string of the molecule is SCSc1cccs1. The Labute approximate surface area is 62.7 Å². The van der Waals surface area contributed by atoms with Gasteiger partial charge in [-0.15, -0.1) is 23.1 Å². The predicted octanol–water partition coefficient (Wildman–Crippen LogP) is 2.73. The number of thioether (sulfide) groups is 1. The molecule has 0 aliphatic heterocycles. The van der Waals surface area contributed by atoms with Crippen LogP contribution < -0.4 is 0 Å². The Morgan fingerprint density at radius 1 is 1.75 bits per heavy atom. The summed E-state index contributed by atoms with van der Waals surface area (Å²) in [5.74, 6) is 0. The Bertz CT molecular complexity index is 133. The molecule has 8 heavy (non-hydrogen) atoms. The highest BCUT2D eigenvalue weighted by atomic mass is 32.2. The molecule has 0 atom stereocenters. The van der Waals surface area contributed by atoms with Crippen molar-refractivity contribution >= 4 is 35.7 Å². The molecular formula is C5H6S3. The zero-order chi connectivity index (χ0) is 5.82. The standard InChI is InChI=1S/C5H6S3/c6-4-8-5-2-1-3-7-5/h1-3,6H,4H2. The lowest BCUT2D eigenvalue weighted by Crippen LogP contribution is -1.55. The molecule has 0 amide bonds. The lowest BCUT2D eigenvalue weighted by Gasteiger charge is -1.85. The van der Waals surface area contributed by atoms with E-state index in [1.165, 1.54) is 4.21 Å². The molecule has 1 rings (SSSR count). The van der Waals surface area contributed by atoms with Crippen molar-refractivity contribution in [3.63, 3.8) is 0 Å². The first-order chi connectivity index (χ1) is 3.93. The van der Waals surface area contributed by atoms with Crippen LogP contribution in [0.4, 0.5) is 0 Å². The maximum Gasteiger partial charge on any atom is 0.0606 e. The van der Waals surface area contributed by atoms with Crippen molar-refractivity contribution < 1.29 is 0 Å². The minimum atomic E-state index is 0.876. The van der Waals surface area contributed by atoms with Gasteiger partial charge in [-0.3, -0.25) is 0 Å². The Morgan fingerprint density at radius 2 is 2.62 bits per heavy atom. The quantitative estimate of drug-likeness (QED) is 0.396. The van der Waals surface area contributed by atoms with Crippen molar-refractivity contribution in [3.8, 4) is 0 Å². The molecule has 0 bridgehead atoms. The maximum atomic E-state index is 4.08. The van der Waals surface area contributed by atoms with E-state index in [1.807, 2.05) is 0 Å². The van der Waals surface area contributed by atoms with Crippen LogP contribution in [0.1, 0.15) is 0 Å². The second-order valence-electron chi connectivity index (χ2n) is 1.21. The summed E-state index contributed by atoms with van der Waals surface area (Å²) < 4.78 is 1.35. The fraction of sp³-hybridized carbons (Fsp3) is 0.200. The lowest BCUT2D eigenvalue weighted by molar-refractivity contribution is 1.74. The van der Waals surface area contributed by atoms with Crippen LogP contribution in [0.15, 0.2) is 21.7 Å². The van der Waals surface area contributed by atoms with E-state index in [0.29, 0.717) is 0 Å². The van der Waals surface area contributed by atoms with E-state index in [2.05, 4.69) is 30.1 Å². The van der Waals surface area contributed by atoms with Crippen LogP contribution in [0, 0.1) is 0 Å². The summed E-state index contributed by atoms with van der Waals surface area (Å²) in [6.07, 6.45) is 0. The summed E-state index contributed by atoms with van der Waals surface area (Å²) in [6, 6.07) is 4.15. The van der Waals surface area contributed by atoms with E-state index in [-0.39, 0.29) is 0 Å². The van der Waals surface area contributed by atoms with Crippen molar-refractivity contribution in [2.24, 2.45) is 0 Å². The van der Waals surface area contributed by atoms with E-state index in [0.717, 1.165) is 5.08 Å². The summed E-state index contributed by atoms with van der Waals surface area (Å²) in [7, 11) is 0. The largest absolute Gasteiger partial charge is 0.168 e. The van der Waals surface area contributed by atoms with Crippen LogP contribution in [0.2, 0.25) is 0 Å². The van der Waals surface area contributed by atoms with Gasteiger partial charge in [-0.25, -0.2) is 0 Å². The topological polar surface area (TPSA) is 0 Å². The third kappa shape index (κ3) is 1.73. The molecule has 44 valence electrons. The molecule has 0 saturated heterocycles. The summed E-state index contributed by atoms with van der Waals surface area (Å²) >= 11 is 7.60. The molecule has 0 aromatic carbocycles. The Balaban J connectivity index is 2.50. The average Bonchev–Trinajstić information content (AvgIpc) is 2.19. The third-order valence-corrected chi connectivity index (χ3v) is 2.94. The van der Waals surface area contributed by atoms with Gasteiger partial charge in [0, 0.05) is 5.08 Å². The smallest absolute Gasteiger partial charge is 0.0606 e. The summed E-state index contributed by atoms with van der Waals surface area (Å²) in [4.78, 5) is 0. The molecule has 0 nitrogen and oxygen atoms in total. The highest BCUT2D eigenvalue weighted by molar-refractivity contribution is 8.10. The Hall–Kier alpha value is 0.400. The molecule has 3 heteroatoms. The lowest BCUT2D eigenvalue weighted by atomic mass is 10.7. The minimum absolute atomic E-state index is 0.876. The van der Waals surface area contributed by atoms with Gasteiger partial charge in [0.15, 0.2) is 0 Å². The van der Waals surface area contributed by atoms with E-state index in [1.54, 1.807) is 23.1 Å². The molecule has 0 radical (unpaired) electrons. The summed E-state index contributed by atoms with van der Waals surface area (Å²) in [5.41, 5.74) is 0. The van der Waals surface area contributed by atoms with Gasteiger partial charge in [0.25, 0.3) is 0 Å². The van der Waals surface area contributed by atoms with Crippen molar-refractivity contribution in [3.05, 3.63) is 17.5 Å². The van der Waals surface area contributed by atoms with E-state index >= 15 is 0 Å². The van der Waals surface area contributed by atoms with Gasteiger partial charge < -0.3 is 0 Å². The third-order valence-electron chi connectivity index (χ3n) is 0.702. The van der Waals surface area contributed by atoms with E-state index in [9.17, 15) is 0 Å². The first-order valence-electron chi connectivity index (χ1n) is 2.20. The van der Waals surface area contributed by atoms with Gasteiger partial charge in [-0.2, -0.15) is 12.6 Å².